The molecule has 0 aliphatic rings. The van der Waals surface area contributed by atoms with Gasteiger partial charge in [-0.2, -0.15) is 5.10 Å². The van der Waals surface area contributed by atoms with Gasteiger partial charge in [0.1, 0.15) is 5.82 Å². The Morgan fingerprint density at radius 2 is 2.41 bits per heavy atom. The van der Waals surface area contributed by atoms with Crippen LogP contribution >= 0.6 is 11.6 Å². The number of benzene rings is 1. The fraction of sp³-hybridized carbons (Fsp3) is 0.200. The smallest absolute Gasteiger partial charge is 0.233 e. The minimum Gasteiger partial charge on any atom is -0.274 e. The predicted octanol–water partition coefficient (Wildman–Crippen LogP) is 1.88. The number of hydrogen-bond donors (Lipinski definition) is 3. The molecule has 0 amide bonds. The molecule has 17 heavy (non-hydrogen) atoms. The number of hydroxylamine groups is 1. The van der Waals surface area contributed by atoms with Gasteiger partial charge in [0.2, 0.25) is 5.96 Å². The summed E-state index contributed by atoms with van der Waals surface area (Å²) in [6.07, 6.45) is 1.19. The Kier molecular flexibility index (Phi) is 5.38. The summed E-state index contributed by atoms with van der Waals surface area (Å²) < 4.78 is 13.3. The maximum absolute atomic E-state index is 13.3. The molecule has 1 aromatic carbocycles. The summed E-state index contributed by atoms with van der Waals surface area (Å²) in [6, 6.07) is 4.33. The highest BCUT2D eigenvalue weighted by Crippen LogP contribution is 2.16. The highest BCUT2D eigenvalue weighted by molar-refractivity contribution is 6.33. The fourth-order valence-corrected chi connectivity index (χ4v) is 1.17. The number of nitrogens with zero attached hydrogens (tertiary/aromatic N) is 1. The third-order valence-electron chi connectivity index (χ3n) is 1.69. The van der Waals surface area contributed by atoms with E-state index in [1.807, 2.05) is 0 Å². The lowest BCUT2D eigenvalue weighted by molar-refractivity contribution is 0.0936. The monoisotopic (exact) mass is 258 g/mol. The number of rotatable bonds is 4. The highest BCUT2D eigenvalue weighted by Gasteiger charge is 2.03. The van der Waals surface area contributed by atoms with Crippen molar-refractivity contribution in [2.45, 2.75) is 6.92 Å². The molecule has 1 rings (SSSR count). The maximum atomic E-state index is 13.3. The summed E-state index contributed by atoms with van der Waals surface area (Å²) in [5.41, 5.74) is 4.75. The van der Waals surface area contributed by atoms with Crippen molar-refractivity contribution in [1.29, 1.82) is 5.41 Å². The predicted molar refractivity (Wildman–Crippen MR) is 64.6 cm³/mol. The van der Waals surface area contributed by atoms with Gasteiger partial charge in [0, 0.05) is 5.56 Å². The zero-order chi connectivity index (χ0) is 12.7. The molecular weight excluding hydrogens is 247 g/mol. The molecule has 0 saturated heterocycles. The molecule has 0 saturated carbocycles. The van der Waals surface area contributed by atoms with E-state index >= 15 is 0 Å². The van der Waals surface area contributed by atoms with Crippen LogP contribution in [0.5, 0.6) is 0 Å². The standard InChI is InChI=1S/C10H12ClFN4O/c1-2-17-16-10(13)15-14-6-7-8(11)4-3-5-9(7)12/h3-6H,2H2,1H3,(H3,13,15,16). The first kappa shape index (κ1) is 13.4. The number of halogens is 2. The highest BCUT2D eigenvalue weighted by atomic mass is 35.5. The molecule has 0 aliphatic carbocycles. The molecule has 92 valence electrons. The van der Waals surface area contributed by atoms with Crippen LogP contribution in [0.1, 0.15) is 12.5 Å². The number of guanidine groups is 1. The van der Waals surface area contributed by atoms with Gasteiger partial charge in [-0.05, 0) is 19.1 Å². The fourth-order valence-electron chi connectivity index (χ4n) is 0.963. The van der Waals surface area contributed by atoms with Crippen molar-refractivity contribution in [3.8, 4) is 0 Å². The summed E-state index contributed by atoms with van der Waals surface area (Å²) in [5.74, 6) is -0.636. The minimum atomic E-state index is -0.479. The molecule has 3 N–H and O–H groups in total. The summed E-state index contributed by atoms with van der Waals surface area (Å²) in [4.78, 5) is 4.73. The number of nitrogens with one attached hydrogen (secondary N) is 3. The quantitative estimate of drug-likeness (QED) is 0.439. The van der Waals surface area contributed by atoms with E-state index in [1.54, 1.807) is 13.0 Å². The average Bonchev–Trinajstić information content (AvgIpc) is 2.30. The van der Waals surface area contributed by atoms with E-state index in [1.165, 1.54) is 18.3 Å². The van der Waals surface area contributed by atoms with Crippen LogP contribution in [0.2, 0.25) is 5.02 Å². The third kappa shape index (κ3) is 4.38. The number of hydrogen-bond acceptors (Lipinski definition) is 3. The summed E-state index contributed by atoms with van der Waals surface area (Å²) in [5, 5.41) is 11.2. The zero-order valence-corrected chi connectivity index (χ0v) is 9.88. The Bertz CT molecular complexity index is 405. The molecule has 0 aliphatic heterocycles. The molecule has 0 heterocycles. The Morgan fingerprint density at radius 1 is 1.65 bits per heavy atom. The van der Waals surface area contributed by atoms with Gasteiger partial charge in [0.25, 0.3) is 0 Å². The van der Waals surface area contributed by atoms with E-state index in [2.05, 4.69) is 16.0 Å². The molecule has 0 atom stereocenters. The van der Waals surface area contributed by atoms with Crippen molar-refractivity contribution in [1.82, 2.24) is 10.9 Å². The molecule has 1 aromatic rings. The summed E-state index contributed by atoms with van der Waals surface area (Å²) in [6.45, 7) is 2.18. The minimum absolute atomic E-state index is 0.157. The van der Waals surface area contributed by atoms with Crippen LogP contribution < -0.4 is 10.9 Å². The van der Waals surface area contributed by atoms with E-state index < -0.39 is 5.82 Å². The second kappa shape index (κ2) is 6.82. The van der Waals surface area contributed by atoms with E-state index in [-0.39, 0.29) is 16.5 Å². The second-order valence-corrected chi connectivity index (χ2v) is 3.32. The third-order valence-corrected chi connectivity index (χ3v) is 2.02. The Morgan fingerprint density at radius 3 is 3.06 bits per heavy atom. The SMILES string of the molecule is CCONC(=N)NN=Cc1c(F)cccc1Cl. The van der Waals surface area contributed by atoms with Crippen LogP contribution in [-0.2, 0) is 4.84 Å². The van der Waals surface area contributed by atoms with Gasteiger partial charge < -0.3 is 0 Å². The van der Waals surface area contributed by atoms with Crippen molar-refractivity contribution < 1.29 is 9.23 Å². The Labute approximate surface area is 103 Å². The molecule has 0 spiro atoms. The first-order valence-corrected chi connectivity index (χ1v) is 5.22. The molecule has 0 radical (unpaired) electrons. The van der Waals surface area contributed by atoms with Gasteiger partial charge in [0.15, 0.2) is 0 Å². The second-order valence-electron chi connectivity index (χ2n) is 2.92. The normalized spacial score (nSPS) is 10.5. The maximum Gasteiger partial charge on any atom is 0.233 e. The van der Waals surface area contributed by atoms with Crippen molar-refractivity contribution in [3.63, 3.8) is 0 Å². The van der Waals surface area contributed by atoms with Crippen molar-refractivity contribution >= 4 is 23.8 Å². The lowest BCUT2D eigenvalue weighted by Gasteiger charge is -2.04. The van der Waals surface area contributed by atoms with Crippen molar-refractivity contribution in [3.05, 3.63) is 34.6 Å². The van der Waals surface area contributed by atoms with Crippen LogP contribution in [0.4, 0.5) is 4.39 Å². The van der Waals surface area contributed by atoms with Gasteiger partial charge >= 0.3 is 0 Å². The van der Waals surface area contributed by atoms with Crippen LogP contribution in [-0.4, -0.2) is 18.8 Å². The summed E-state index contributed by atoms with van der Waals surface area (Å²) >= 11 is 5.78. The van der Waals surface area contributed by atoms with Gasteiger partial charge in [0.05, 0.1) is 17.8 Å². The Balaban J connectivity index is 2.56. The van der Waals surface area contributed by atoms with Crippen molar-refractivity contribution in [2.24, 2.45) is 5.10 Å². The van der Waals surface area contributed by atoms with Gasteiger partial charge in [-0.15, -0.1) is 0 Å². The van der Waals surface area contributed by atoms with Crippen LogP contribution in [0.3, 0.4) is 0 Å². The lowest BCUT2D eigenvalue weighted by Crippen LogP contribution is -2.33. The van der Waals surface area contributed by atoms with E-state index in [4.69, 9.17) is 21.8 Å². The number of hydrazone groups is 1. The van der Waals surface area contributed by atoms with Crippen LogP contribution in [0, 0.1) is 11.2 Å². The molecule has 7 heteroatoms. The van der Waals surface area contributed by atoms with E-state index in [9.17, 15) is 4.39 Å². The van der Waals surface area contributed by atoms with Crippen LogP contribution in [0.15, 0.2) is 23.3 Å². The molecule has 0 fully saturated rings. The zero-order valence-electron chi connectivity index (χ0n) is 9.13. The van der Waals surface area contributed by atoms with Crippen LogP contribution in [0.25, 0.3) is 0 Å². The van der Waals surface area contributed by atoms with Gasteiger partial charge in [-0.3, -0.25) is 10.2 Å². The molecular formula is C10H12ClFN4O. The molecule has 5 nitrogen and oxygen atoms in total. The first-order chi connectivity index (χ1) is 8.15. The van der Waals surface area contributed by atoms with Gasteiger partial charge in [-0.1, -0.05) is 17.7 Å². The topological polar surface area (TPSA) is 69.5 Å². The average molecular weight is 259 g/mol. The van der Waals surface area contributed by atoms with Gasteiger partial charge in [-0.25, -0.2) is 15.3 Å². The van der Waals surface area contributed by atoms with Crippen molar-refractivity contribution in [2.75, 3.05) is 6.61 Å². The Hall–Kier alpha value is -1.66. The molecule has 0 aromatic heterocycles. The van der Waals surface area contributed by atoms with E-state index in [0.29, 0.717) is 6.61 Å². The largest absolute Gasteiger partial charge is 0.274 e. The molecule has 0 bridgehead atoms. The molecule has 0 unspecified atom stereocenters. The first-order valence-electron chi connectivity index (χ1n) is 4.84. The van der Waals surface area contributed by atoms with E-state index in [0.717, 1.165) is 0 Å². The summed E-state index contributed by atoms with van der Waals surface area (Å²) in [7, 11) is 0. The lowest BCUT2D eigenvalue weighted by atomic mass is 10.2.